The van der Waals surface area contributed by atoms with Gasteiger partial charge in [0.05, 0.1) is 6.61 Å². The average molecular weight is 350 g/mol. The van der Waals surface area contributed by atoms with E-state index in [2.05, 4.69) is 16.7 Å². The lowest BCUT2D eigenvalue weighted by Crippen LogP contribution is -2.20. The van der Waals surface area contributed by atoms with E-state index in [0.717, 1.165) is 0 Å². The van der Waals surface area contributed by atoms with Crippen LogP contribution < -0.4 is 0 Å². The summed E-state index contributed by atoms with van der Waals surface area (Å²) in [5, 5.41) is 3.92. The Kier molecular flexibility index (Phi) is 4.91. The highest BCUT2D eigenvalue weighted by atomic mass is 32.2. The molecule has 1 aliphatic rings. The van der Waals surface area contributed by atoms with E-state index in [1.54, 1.807) is 12.1 Å². The molecule has 2 heterocycles. The monoisotopic (exact) mass is 350 g/mol. The van der Waals surface area contributed by atoms with Gasteiger partial charge in [0.2, 0.25) is 5.82 Å². The third-order valence-corrected chi connectivity index (χ3v) is 4.69. The quantitative estimate of drug-likeness (QED) is 0.753. The number of benzene rings is 1. The van der Waals surface area contributed by atoms with Crippen molar-refractivity contribution < 1.29 is 18.4 Å². The zero-order valence-corrected chi connectivity index (χ0v) is 14.6. The van der Waals surface area contributed by atoms with Crippen LogP contribution in [0.5, 0.6) is 0 Å². The molecule has 0 amide bonds. The van der Waals surface area contributed by atoms with Gasteiger partial charge in [-0.1, -0.05) is 18.7 Å². The highest BCUT2D eigenvalue weighted by Crippen LogP contribution is 2.31. The van der Waals surface area contributed by atoms with Gasteiger partial charge in [-0.25, -0.2) is 4.39 Å². The molecular weight excluding hydrogens is 331 g/mol. The summed E-state index contributed by atoms with van der Waals surface area (Å²) >= 11 is 1.35. The van der Waals surface area contributed by atoms with Crippen LogP contribution in [-0.4, -0.2) is 29.1 Å². The number of ether oxygens (including phenoxy) is 2. The normalized spacial score (nSPS) is 21.8. The first-order chi connectivity index (χ1) is 11.5. The lowest BCUT2D eigenvalue weighted by atomic mass is 10.1. The van der Waals surface area contributed by atoms with Gasteiger partial charge >= 0.3 is 0 Å². The van der Waals surface area contributed by atoms with E-state index in [4.69, 9.17) is 14.0 Å². The fourth-order valence-electron chi connectivity index (χ4n) is 2.54. The molecule has 0 N–H and O–H groups in total. The van der Waals surface area contributed by atoms with Crippen LogP contribution in [0, 0.1) is 11.7 Å². The molecule has 1 saturated heterocycles. The van der Waals surface area contributed by atoms with Crippen LogP contribution in [0.4, 0.5) is 4.39 Å². The Morgan fingerprint density at radius 1 is 1.46 bits per heavy atom. The van der Waals surface area contributed by atoms with Gasteiger partial charge in [-0.05, 0) is 31.4 Å². The highest BCUT2D eigenvalue weighted by Gasteiger charge is 2.32. The van der Waals surface area contributed by atoms with Gasteiger partial charge in [-0.3, -0.25) is 0 Å². The summed E-state index contributed by atoms with van der Waals surface area (Å²) in [6.45, 7) is 8.30. The number of halogens is 1. The summed E-state index contributed by atoms with van der Waals surface area (Å²) in [5.74, 6) is 1.20. The molecule has 1 aromatic carbocycles. The fourth-order valence-corrected chi connectivity index (χ4v) is 2.99. The Labute approximate surface area is 144 Å². The van der Waals surface area contributed by atoms with Gasteiger partial charge in [-0.2, -0.15) is 4.98 Å². The van der Waals surface area contributed by atoms with E-state index >= 15 is 0 Å². The maximum Gasteiger partial charge on any atom is 0.255 e. The van der Waals surface area contributed by atoms with Crippen molar-refractivity contribution in [3.63, 3.8) is 0 Å². The second kappa shape index (κ2) is 6.94. The third-order valence-electron chi connectivity index (χ3n) is 3.92. The number of aromatic nitrogens is 2. The van der Waals surface area contributed by atoms with Crippen molar-refractivity contribution >= 4 is 11.8 Å². The van der Waals surface area contributed by atoms with Gasteiger partial charge in [0.15, 0.2) is 0 Å². The third kappa shape index (κ3) is 3.32. The Morgan fingerprint density at radius 3 is 2.88 bits per heavy atom. The minimum Gasteiger partial charge on any atom is -0.495 e. The molecule has 1 fully saturated rings. The lowest BCUT2D eigenvalue weighted by Gasteiger charge is -2.17. The molecule has 5 nitrogen and oxygen atoms in total. The second-order valence-electron chi connectivity index (χ2n) is 5.76. The molecule has 24 heavy (non-hydrogen) atoms. The first kappa shape index (κ1) is 17.0. The van der Waals surface area contributed by atoms with Gasteiger partial charge < -0.3 is 14.0 Å². The Balaban J connectivity index is 1.75. The number of rotatable bonds is 5. The van der Waals surface area contributed by atoms with Crippen LogP contribution in [-0.2, 0) is 9.47 Å². The summed E-state index contributed by atoms with van der Waals surface area (Å²) in [5.41, 5.74) is 0.564. The van der Waals surface area contributed by atoms with Crippen LogP contribution in [0.25, 0.3) is 11.4 Å². The largest absolute Gasteiger partial charge is 0.495 e. The highest BCUT2D eigenvalue weighted by molar-refractivity contribution is 7.98. The Morgan fingerprint density at radius 2 is 2.25 bits per heavy atom. The second-order valence-corrected chi connectivity index (χ2v) is 6.61. The summed E-state index contributed by atoms with van der Waals surface area (Å²) in [6.07, 6.45) is 1.21. The molecule has 0 bridgehead atoms. The molecule has 0 spiro atoms. The van der Waals surface area contributed by atoms with E-state index in [0.29, 0.717) is 34.5 Å². The molecule has 1 aliphatic heterocycles. The number of nitrogens with zero attached hydrogens (tertiary/aromatic N) is 2. The maximum atomic E-state index is 13.9. The first-order valence-electron chi connectivity index (χ1n) is 7.64. The van der Waals surface area contributed by atoms with Crippen molar-refractivity contribution in [2.75, 3.05) is 12.9 Å². The van der Waals surface area contributed by atoms with Crippen molar-refractivity contribution in [2.45, 2.75) is 31.0 Å². The number of thioether (sulfide) groups is 1. The fraction of sp³-hybridized carbons (Fsp3) is 0.412. The van der Waals surface area contributed by atoms with Crippen LogP contribution in [0.1, 0.15) is 25.8 Å². The first-order valence-corrected chi connectivity index (χ1v) is 8.86. The van der Waals surface area contributed by atoms with Crippen LogP contribution in [0.2, 0.25) is 0 Å². The summed E-state index contributed by atoms with van der Waals surface area (Å²) in [4.78, 5) is 4.90. The lowest BCUT2D eigenvalue weighted by molar-refractivity contribution is -0.0167. The summed E-state index contributed by atoms with van der Waals surface area (Å²) in [6, 6.07) is 4.87. The van der Waals surface area contributed by atoms with Gasteiger partial charge in [0.25, 0.3) is 5.89 Å². The molecule has 128 valence electrons. The molecule has 3 rings (SSSR count). The van der Waals surface area contributed by atoms with E-state index in [1.807, 2.05) is 20.1 Å². The van der Waals surface area contributed by atoms with Crippen molar-refractivity contribution in [1.29, 1.82) is 0 Å². The van der Waals surface area contributed by atoms with Crippen molar-refractivity contribution in [3.8, 4) is 11.4 Å². The van der Waals surface area contributed by atoms with E-state index in [-0.39, 0.29) is 17.8 Å². The van der Waals surface area contributed by atoms with Crippen molar-refractivity contribution in [3.05, 3.63) is 42.2 Å². The van der Waals surface area contributed by atoms with Crippen molar-refractivity contribution in [2.24, 2.45) is 5.92 Å². The molecular formula is C17H19FN2O3S. The number of hydrogen-bond donors (Lipinski definition) is 0. The van der Waals surface area contributed by atoms with Crippen LogP contribution >= 0.6 is 11.8 Å². The zero-order chi connectivity index (χ0) is 17.3. The topological polar surface area (TPSA) is 57.4 Å². The smallest absolute Gasteiger partial charge is 0.255 e. The van der Waals surface area contributed by atoms with E-state index in [9.17, 15) is 4.39 Å². The standard InChI is InChI=1S/C17H19FN2O3S/c1-9-8-21-10(2)15(9)22-11(3)17-19-16(20-23-17)12-5-6-14(24-4)13(18)7-12/h5-7,9,11,15H,2,8H2,1,3-4H3. The van der Waals surface area contributed by atoms with E-state index < -0.39 is 6.10 Å². The summed E-state index contributed by atoms with van der Waals surface area (Å²) < 4.78 is 30.5. The van der Waals surface area contributed by atoms with Gasteiger partial charge in [0.1, 0.15) is 23.8 Å². The number of hydrogen-bond acceptors (Lipinski definition) is 6. The molecule has 1 aromatic heterocycles. The maximum absolute atomic E-state index is 13.9. The predicted molar refractivity (Wildman–Crippen MR) is 89.0 cm³/mol. The molecule has 7 heteroatoms. The Bertz CT molecular complexity index is 749. The van der Waals surface area contributed by atoms with Crippen molar-refractivity contribution in [1.82, 2.24) is 10.1 Å². The zero-order valence-electron chi connectivity index (χ0n) is 13.8. The molecule has 3 atom stereocenters. The SMILES string of the molecule is C=C1OCC(C)C1OC(C)c1nc(-c2ccc(SC)c(F)c2)no1. The predicted octanol–water partition coefficient (Wildman–Crippen LogP) is 4.22. The molecule has 2 aromatic rings. The van der Waals surface area contributed by atoms with Crippen LogP contribution in [0.15, 0.2) is 40.0 Å². The molecule has 3 unspecified atom stereocenters. The average Bonchev–Trinajstić information content (AvgIpc) is 3.17. The molecule has 0 aliphatic carbocycles. The summed E-state index contributed by atoms with van der Waals surface area (Å²) in [7, 11) is 0. The Hall–Kier alpha value is -1.86. The molecule has 0 saturated carbocycles. The van der Waals surface area contributed by atoms with E-state index in [1.165, 1.54) is 17.8 Å². The van der Waals surface area contributed by atoms with Crippen LogP contribution in [0.3, 0.4) is 0 Å². The van der Waals surface area contributed by atoms with Gasteiger partial charge in [0, 0.05) is 16.4 Å². The van der Waals surface area contributed by atoms with Gasteiger partial charge in [-0.15, -0.1) is 11.8 Å². The minimum absolute atomic E-state index is 0.200. The minimum atomic E-state index is -0.410. The molecule has 0 radical (unpaired) electrons.